The van der Waals surface area contributed by atoms with Crippen LogP contribution in [0.15, 0.2) is 23.1 Å². The summed E-state index contributed by atoms with van der Waals surface area (Å²) in [6, 6.07) is 3.16. The third-order valence-electron chi connectivity index (χ3n) is 2.49. The first-order valence-electron chi connectivity index (χ1n) is 5.57. The molecule has 20 heavy (non-hydrogen) atoms. The van der Waals surface area contributed by atoms with Crippen molar-refractivity contribution in [2.75, 3.05) is 26.3 Å². The predicted molar refractivity (Wildman–Crippen MR) is 68.7 cm³/mol. The summed E-state index contributed by atoms with van der Waals surface area (Å²) >= 11 is 5.63. The molecule has 1 aromatic rings. The summed E-state index contributed by atoms with van der Waals surface area (Å²) in [6.45, 7) is -1.29. The van der Waals surface area contributed by atoms with Gasteiger partial charge in [-0.2, -0.15) is 4.31 Å². The number of carbonyl (C=O) groups excluding carboxylic acids is 1. The fraction of sp³-hybridized carbons (Fsp3) is 0.364. The number of hydrogen-bond donors (Lipinski definition) is 2. The monoisotopic (exact) mass is 322 g/mol. The van der Waals surface area contributed by atoms with E-state index in [1.807, 2.05) is 0 Å². The zero-order valence-electron chi connectivity index (χ0n) is 10.3. The number of rotatable bonds is 7. The number of aliphatic hydroxyl groups is 2. The zero-order chi connectivity index (χ0) is 15.3. The second kappa shape index (κ2) is 7.00. The first-order chi connectivity index (χ1) is 9.34. The third kappa shape index (κ3) is 3.68. The molecule has 0 radical (unpaired) electrons. The minimum Gasteiger partial charge on any atom is -0.545 e. The Morgan fingerprint density at radius 1 is 1.25 bits per heavy atom. The molecule has 0 heterocycles. The van der Waals surface area contributed by atoms with Crippen molar-refractivity contribution in [2.45, 2.75) is 4.90 Å². The quantitative estimate of drug-likeness (QED) is 0.643. The van der Waals surface area contributed by atoms with E-state index >= 15 is 0 Å². The number of carboxylic acids is 1. The lowest BCUT2D eigenvalue weighted by molar-refractivity contribution is -0.255. The summed E-state index contributed by atoms with van der Waals surface area (Å²) < 4.78 is 25.3. The van der Waals surface area contributed by atoms with Gasteiger partial charge in [-0.15, -0.1) is 0 Å². The van der Waals surface area contributed by atoms with Crippen LogP contribution >= 0.6 is 11.6 Å². The van der Waals surface area contributed by atoms with E-state index in [0.717, 1.165) is 22.5 Å². The zero-order valence-corrected chi connectivity index (χ0v) is 11.9. The number of aliphatic hydroxyl groups excluding tert-OH is 2. The van der Waals surface area contributed by atoms with Crippen molar-refractivity contribution >= 4 is 27.6 Å². The highest BCUT2D eigenvalue weighted by molar-refractivity contribution is 7.89. The van der Waals surface area contributed by atoms with Gasteiger partial charge in [0, 0.05) is 23.7 Å². The first kappa shape index (κ1) is 16.9. The van der Waals surface area contributed by atoms with E-state index in [1.54, 1.807) is 0 Å². The lowest BCUT2D eigenvalue weighted by Crippen LogP contribution is -2.36. The fourth-order valence-electron chi connectivity index (χ4n) is 1.55. The Morgan fingerprint density at radius 3 is 2.25 bits per heavy atom. The fourth-order valence-corrected chi connectivity index (χ4v) is 3.19. The number of sulfonamides is 1. The van der Waals surface area contributed by atoms with Gasteiger partial charge in [-0.3, -0.25) is 0 Å². The molecule has 2 N–H and O–H groups in total. The second-order valence-electron chi connectivity index (χ2n) is 3.78. The first-order valence-corrected chi connectivity index (χ1v) is 7.39. The van der Waals surface area contributed by atoms with Gasteiger partial charge in [0.15, 0.2) is 0 Å². The van der Waals surface area contributed by atoms with Crippen LogP contribution in [-0.2, 0) is 10.0 Å². The maximum Gasteiger partial charge on any atom is 0.243 e. The van der Waals surface area contributed by atoms with E-state index < -0.39 is 34.8 Å². The molecule has 0 atom stereocenters. The van der Waals surface area contributed by atoms with Gasteiger partial charge in [0.2, 0.25) is 10.0 Å². The summed E-state index contributed by atoms with van der Waals surface area (Å²) in [7, 11) is -4.03. The Morgan fingerprint density at radius 2 is 1.80 bits per heavy atom. The van der Waals surface area contributed by atoms with E-state index in [2.05, 4.69) is 0 Å². The number of nitrogens with zero attached hydrogens (tertiary/aromatic N) is 1. The van der Waals surface area contributed by atoms with Crippen molar-refractivity contribution < 1.29 is 28.5 Å². The molecule has 112 valence electrons. The Kier molecular flexibility index (Phi) is 5.90. The highest BCUT2D eigenvalue weighted by Crippen LogP contribution is 2.22. The summed E-state index contributed by atoms with van der Waals surface area (Å²) in [5.41, 5.74) is -0.444. The Bertz CT molecular complexity index is 583. The summed E-state index contributed by atoms with van der Waals surface area (Å²) in [6.07, 6.45) is 0. The molecule has 0 amide bonds. The standard InChI is InChI=1S/C11H14ClNO6S/c12-10-2-1-8(7-9(10)11(16)17)20(18,19)13(3-5-14)4-6-15/h1-2,7,14-15H,3-6H2,(H,16,17)/p-1. The van der Waals surface area contributed by atoms with Crippen molar-refractivity contribution in [3.05, 3.63) is 28.8 Å². The highest BCUT2D eigenvalue weighted by atomic mass is 35.5. The van der Waals surface area contributed by atoms with Crippen LogP contribution in [0.1, 0.15) is 10.4 Å². The Balaban J connectivity index is 3.26. The molecular weight excluding hydrogens is 310 g/mol. The van der Waals surface area contributed by atoms with Gasteiger partial charge in [0.1, 0.15) is 0 Å². The van der Waals surface area contributed by atoms with Crippen LogP contribution in [0.2, 0.25) is 5.02 Å². The number of carbonyl (C=O) groups is 1. The van der Waals surface area contributed by atoms with Crippen LogP contribution < -0.4 is 5.11 Å². The van der Waals surface area contributed by atoms with Crippen LogP contribution in [0.3, 0.4) is 0 Å². The topological polar surface area (TPSA) is 118 Å². The predicted octanol–water partition coefficient (Wildman–Crippen LogP) is -1.32. The molecule has 0 aliphatic heterocycles. The normalized spacial score (nSPS) is 11.8. The van der Waals surface area contributed by atoms with Crippen LogP contribution in [0.25, 0.3) is 0 Å². The van der Waals surface area contributed by atoms with Crippen LogP contribution in [0.4, 0.5) is 0 Å². The Labute approximate surface area is 121 Å². The van der Waals surface area contributed by atoms with Gasteiger partial charge in [-0.25, -0.2) is 8.42 Å². The Hall–Kier alpha value is -1.19. The van der Waals surface area contributed by atoms with E-state index in [0.29, 0.717) is 0 Å². The van der Waals surface area contributed by atoms with E-state index in [-0.39, 0.29) is 23.0 Å². The van der Waals surface area contributed by atoms with Gasteiger partial charge in [0.05, 0.1) is 24.1 Å². The largest absolute Gasteiger partial charge is 0.545 e. The average molecular weight is 323 g/mol. The molecule has 1 rings (SSSR count). The third-order valence-corrected chi connectivity index (χ3v) is 4.72. The number of carboxylic acid groups (broad SMARTS) is 1. The van der Waals surface area contributed by atoms with Gasteiger partial charge in [-0.1, -0.05) is 11.6 Å². The SMILES string of the molecule is O=C([O-])c1cc(S(=O)(=O)N(CCO)CCO)ccc1Cl. The molecule has 0 saturated heterocycles. The van der Waals surface area contributed by atoms with Crippen molar-refractivity contribution in [3.8, 4) is 0 Å². The van der Waals surface area contributed by atoms with Crippen LogP contribution in [0, 0.1) is 0 Å². The van der Waals surface area contributed by atoms with Gasteiger partial charge < -0.3 is 20.1 Å². The molecule has 0 unspecified atom stereocenters. The number of benzene rings is 1. The molecule has 9 heteroatoms. The van der Waals surface area contributed by atoms with Crippen molar-refractivity contribution in [2.24, 2.45) is 0 Å². The van der Waals surface area contributed by atoms with Gasteiger partial charge in [-0.05, 0) is 18.2 Å². The van der Waals surface area contributed by atoms with Crippen LogP contribution in [0.5, 0.6) is 0 Å². The summed E-state index contributed by atoms with van der Waals surface area (Å²) in [5.74, 6) is -1.59. The number of hydrogen-bond acceptors (Lipinski definition) is 6. The minimum absolute atomic E-state index is 0.139. The molecule has 0 aromatic heterocycles. The molecule has 0 aliphatic carbocycles. The molecule has 1 aromatic carbocycles. The smallest absolute Gasteiger partial charge is 0.243 e. The molecule has 0 saturated carbocycles. The summed E-state index contributed by atoms with van der Waals surface area (Å²) in [4.78, 5) is 10.5. The molecule has 0 spiro atoms. The van der Waals surface area contributed by atoms with E-state index in [9.17, 15) is 18.3 Å². The molecule has 7 nitrogen and oxygen atoms in total. The van der Waals surface area contributed by atoms with Crippen molar-refractivity contribution in [3.63, 3.8) is 0 Å². The number of halogens is 1. The average Bonchev–Trinajstić information content (AvgIpc) is 2.38. The van der Waals surface area contributed by atoms with Crippen LogP contribution in [-0.4, -0.2) is 55.2 Å². The maximum absolute atomic E-state index is 12.2. The molecule has 0 bridgehead atoms. The maximum atomic E-state index is 12.2. The van der Waals surface area contributed by atoms with E-state index in [4.69, 9.17) is 21.8 Å². The minimum atomic E-state index is -4.03. The van der Waals surface area contributed by atoms with Crippen molar-refractivity contribution in [1.82, 2.24) is 4.31 Å². The van der Waals surface area contributed by atoms with E-state index in [1.165, 1.54) is 0 Å². The molecule has 0 aliphatic rings. The highest BCUT2D eigenvalue weighted by Gasteiger charge is 2.24. The molecular formula is C11H13ClNO6S-. The summed E-state index contributed by atoms with van der Waals surface area (Å²) in [5, 5.41) is 28.4. The lowest BCUT2D eigenvalue weighted by Gasteiger charge is -2.20. The van der Waals surface area contributed by atoms with Gasteiger partial charge >= 0.3 is 0 Å². The number of aromatic carboxylic acids is 1. The molecule has 0 fully saturated rings. The van der Waals surface area contributed by atoms with Crippen molar-refractivity contribution in [1.29, 1.82) is 0 Å². The lowest BCUT2D eigenvalue weighted by atomic mass is 10.2. The van der Waals surface area contributed by atoms with Gasteiger partial charge in [0.25, 0.3) is 0 Å². The second-order valence-corrected chi connectivity index (χ2v) is 6.13.